The SMILES string of the molecule is CCCCOc1c(Br)cc(/C=C/C(=O)[O-])cc1OC. The lowest BCUT2D eigenvalue weighted by Gasteiger charge is -2.13. The summed E-state index contributed by atoms with van der Waals surface area (Å²) in [5, 5.41) is 10.4. The van der Waals surface area contributed by atoms with Crippen molar-refractivity contribution < 1.29 is 19.4 Å². The summed E-state index contributed by atoms with van der Waals surface area (Å²) >= 11 is 3.40. The number of benzene rings is 1. The van der Waals surface area contributed by atoms with E-state index in [0.29, 0.717) is 23.7 Å². The minimum atomic E-state index is -1.24. The Morgan fingerprint density at radius 2 is 2.21 bits per heavy atom. The maximum Gasteiger partial charge on any atom is 0.175 e. The average Bonchev–Trinajstić information content (AvgIpc) is 2.38. The van der Waals surface area contributed by atoms with Gasteiger partial charge < -0.3 is 19.4 Å². The van der Waals surface area contributed by atoms with E-state index in [4.69, 9.17) is 9.47 Å². The molecule has 5 heteroatoms. The maximum atomic E-state index is 10.4. The smallest absolute Gasteiger partial charge is 0.175 e. The van der Waals surface area contributed by atoms with Gasteiger partial charge in [-0.25, -0.2) is 0 Å². The molecule has 0 aliphatic heterocycles. The lowest BCUT2D eigenvalue weighted by Crippen LogP contribution is -2.18. The van der Waals surface area contributed by atoms with Crippen molar-refractivity contribution in [2.45, 2.75) is 19.8 Å². The number of carbonyl (C=O) groups is 1. The molecule has 0 atom stereocenters. The van der Waals surface area contributed by atoms with Crippen molar-refractivity contribution in [3.63, 3.8) is 0 Å². The largest absolute Gasteiger partial charge is 0.545 e. The summed E-state index contributed by atoms with van der Waals surface area (Å²) in [6.07, 6.45) is 4.42. The fourth-order valence-electron chi connectivity index (χ4n) is 1.46. The second-order valence-corrected chi connectivity index (χ2v) is 4.74. The zero-order chi connectivity index (χ0) is 14.3. The second-order valence-electron chi connectivity index (χ2n) is 3.89. The van der Waals surface area contributed by atoms with Gasteiger partial charge in [0.1, 0.15) is 0 Å². The van der Waals surface area contributed by atoms with E-state index in [1.165, 1.54) is 6.08 Å². The van der Waals surface area contributed by atoms with E-state index in [0.717, 1.165) is 23.4 Å². The van der Waals surface area contributed by atoms with Gasteiger partial charge in [-0.2, -0.15) is 0 Å². The van der Waals surface area contributed by atoms with Crippen LogP contribution in [0.2, 0.25) is 0 Å². The number of carboxylic acid groups (broad SMARTS) is 1. The first-order valence-electron chi connectivity index (χ1n) is 5.97. The van der Waals surface area contributed by atoms with Crippen LogP contribution in [0.3, 0.4) is 0 Å². The number of aliphatic carboxylic acids is 1. The number of halogens is 1. The van der Waals surface area contributed by atoms with Crippen LogP contribution in [0.1, 0.15) is 25.3 Å². The molecular formula is C14H16BrO4-. The molecule has 0 N–H and O–H groups in total. The van der Waals surface area contributed by atoms with E-state index in [2.05, 4.69) is 22.9 Å². The number of unbranched alkanes of at least 4 members (excludes halogenated alkanes) is 1. The maximum absolute atomic E-state index is 10.4. The van der Waals surface area contributed by atoms with Crippen LogP contribution in [0.25, 0.3) is 6.08 Å². The van der Waals surface area contributed by atoms with E-state index in [1.54, 1.807) is 19.2 Å². The molecule has 0 aromatic heterocycles. The van der Waals surface area contributed by atoms with Gasteiger partial charge in [-0.05, 0) is 46.1 Å². The first-order valence-corrected chi connectivity index (χ1v) is 6.77. The molecule has 4 nitrogen and oxygen atoms in total. The molecule has 0 amide bonds. The Balaban J connectivity index is 2.97. The number of hydrogen-bond acceptors (Lipinski definition) is 4. The summed E-state index contributed by atoms with van der Waals surface area (Å²) in [5.74, 6) is -0.0524. The molecule has 0 saturated heterocycles. The first-order chi connectivity index (χ1) is 9.08. The Bertz CT molecular complexity index is 469. The highest BCUT2D eigenvalue weighted by atomic mass is 79.9. The van der Waals surface area contributed by atoms with Gasteiger partial charge in [0.25, 0.3) is 0 Å². The van der Waals surface area contributed by atoms with E-state index < -0.39 is 5.97 Å². The summed E-state index contributed by atoms with van der Waals surface area (Å²) in [6.45, 7) is 2.70. The van der Waals surface area contributed by atoms with Crippen LogP contribution in [-0.4, -0.2) is 19.7 Å². The Kier molecular flexibility index (Phi) is 6.42. The lowest BCUT2D eigenvalue weighted by molar-refractivity contribution is -0.297. The molecular weight excluding hydrogens is 312 g/mol. The predicted molar refractivity (Wildman–Crippen MR) is 75.1 cm³/mol. The monoisotopic (exact) mass is 327 g/mol. The van der Waals surface area contributed by atoms with E-state index in [1.807, 2.05) is 0 Å². The van der Waals surface area contributed by atoms with Gasteiger partial charge in [-0.1, -0.05) is 19.4 Å². The normalized spacial score (nSPS) is 10.7. The first kappa shape index (κ1) is 15.6. The van der Waals surface area contributed by atoms with Crippen LogP contribution < -0.4 is 14.6 Å². The molecule has 0 radical (unpaired) electrons. The third-order valence-corrected chi connectivity index (χ3v) is 3.00. The Hall–Kier alpha value is -1.49. The van der Waals surface area contributed by atoms with Gasteiger partial charge in [0, 0.05) is 0 Å². The minimum absolute atomic E-state index is 0.559. The van der Waals surface area contributed by atoms with Crippen molar-refractivity contribution >= 4 is 28.0 Å². The van der Waals surface area contributed by atoms with Gasteiger partial charge in [0.15, 0.2) is 11.5 Å². The van der Waals surface area contributed by atoms with Crippen molar-refractivity contribution in [3.05, 3.63) is 28.2 Å². The molecule has 1 aromatic rings. The molecule has 0 aliphatic carbocycles. The van der Waals surface area contributed by atoms with E-state index in [-0.39, 0.29) is 0 Å². The van der Waals surface area contributed by atoms with Gasteiger partial charge >= 0.3 is 0 Å². The molecule has 0 saturated carbocycles. The molecule has 0 fully saturated rings. The van der Waals surface area contributed by atoms with Crippen LogP contribution in [0, 0.1) is 0 Å². The molecule has 0 bridgehead atoms. The number of carboxylic acids is 1. The number of rotatable bonds is 7. The Morgan fingerprint density at radius 1 is 1.47 bits per heavy atom. The van der Waals surface area contributed by atoms with Crippen molar-refractivity contribution in [1.82, 2.24) is 0 Å². The molecule has 1 aromatic carbocycles. The quantitative estimate of drug-likeness (QED) is 0.570. The molecule has 19 heavy (non-hydrogen) atoms. The van der Waals surface area contributed by atoms with Crippen LogP contribution in [0.4, 0.5) is 0 Å². The van der Waals surface area contributed by atoms with Crippen molar-refractivity contribution in [2.24, 2.45) is 0 Å². The molecule has 0 unspecified atom stereocenters. The number of carbonyl (C=O) groups excluding carboxylic acids is 1. The molecule has 0 spiro atoms. The second kappa shape index (κ2) is 7.84. The van der Waals surface area contributed by atoms with E-state index in [9.17, 15) is 9.90 Å². The Labute approximate surface area is 121 Å². The van der Waals surface area contributed by atoms with Gasteiger partial charge in [0.05, 0.1) is 24.2 Å². The van der Waals surface area contributed by atoms with Crippen LogP contribution >= 0.6 is 15.9 Å². The van der Waals surface area contributed by atoms with Crippen molar-refractivity contribution in [1.29, 1.82) is 0 Å². The summed E-state index contributed by atoms with van der Waals surface area (Å²) in [6, 6.07) is 3.48. The highest BCUT2D eigenvalue weighted by Gasteiger charge is 2.10. The molecule has 104 valence electrons. The summed E-state index contributed by atoms with van der Waals surface area (Å²) in [5.41, 5.74) is 0.691. The van der Waals surface area contributed by atoms with E-state index >= 15 is 0 Å². The predicted octanol–water partition coefficient (Wildman–Crippen LogP) is 2.40. The molecule has 0 aliphatic rings. The standard InChI is InChI=1S/C14H17BrO4/c1-3-4-7-19-14-11(15)8-10(5-6-13(16)17)9-12(14)18-2/h5-6,8-9H,3-4,7H2,1-2H3,(H,16,17)/p-1/b6-5+. The van der Waals surface area contributed by atoms with Gasteiger partial charge in [-0.15, -0.1) is 0 Å². The van der Waals surface area contributed by atoms with Crippen LogP contribution in [0.15, 0.2) is 22.7 Å². The summed E-state index contributed by atoms with van der Waals surface area (Å²) < 4.78 is 11.6. The fourth-order valence-corrected chi connectivity index (χ4v) is 2.03. The molecule has 0 heterocycles. The Morgan fingerprint density at radius 3 is 2.79 bits per heavy atom. The number of hydrogen-bond donors (Lipinski definition) is 0. The minimum Gasteiger partial charge on any atom is -0.545 e. The average molecular weight is 328 g/mol. The third kappa shape index (κ3) is 4.95. The number of ether oxygens (including phenoxy) is 2. The summed E-state index contributed by atoms with van der Waals surface area (Å²) in [7, 11) is 1.54. The van der Waals surface area contributed by atoms with Gasteiger partial charge in [-0.3, -0.25) is 0 Å². The number of methoxy groups -OCH3 is 1. The van der Waals surface area contributed by atoms with Crippen LogP contribution in [0.5, 0.6) is 11.5 Å². The zero-order valence-corrected chi connectivity index (χ0v) is 12.5. The van der Waals surface area contributed by atoms with Crippen molar-refractivity contribution in [2.75, 3.05) is 13.7 Å². The topological polar surface area (TPSA) is 58.6 Å². The highest BCUT2D eigenvalue weighted by Crippen LogP contribution is 2.37. The molecule has 1 rings (SSSR count). The third-order valence-electron chi connectivity index (χ3n) is 2.41. The highest BCUT2D eigenvalue weighted by molar-refractivity contribution is 9.10. The zero-order valence-electron chi connectivity index (χ0n) is 10.9. The fraction of sp³-hybridized carbons (Fsp3) is 0.357. The summed E-state index contributed by atoms with van der Waals surface area (Å²) in [4.78, 5) is 10.4. The van der Waals surface area contributed by atoms with Gasteiger partial charge in [0.2, 0.25) is 0 Å². The van der Waals surface area contributed by atoms with Crippen LogP contribution in [-0.2, 0) is 4.79 Å². The van der Waals surface area contributed by atoms with Crippen molar-refractivity contribution in [3.8, 4) is 11.5 Å². The lowest BCUT2D eigenvalue weighted by atomic mass is 10.2.